The summed E-state index contributed by atoms with van der Waals surface area (Å²) in [6.45, 7) is 0.550. The molecule has 3 atom stereocenters. The zero-order chi connectivity index (χ0) is 19.7. The highest BCUT2D eigenvalue weighted by atomic mass is 127. The Balaban J connectivity index is 0.00000240. The second-order valence-electron chi connectivity index (χ2n) is 7.10. The molecule has 1 aromatic heterocycles. The highest BCUT2D eigenvalue weighted by Crippen LogP contribution is 2.34. The summed E-state index contributed by atoms with van der Waals surface area (Å²) in [5.41, 5.74) is 0.651. The first-order valence-corrected chi connectivity index (χ1v) is 9.27. The fourth-order valence-electron chi connectivity index (χ4n) is 3.73. The maximum Gasteiger partial charge on any atom is 0.435 e. The summed E-state index contributed by atoms with van der Waals surface area (Å²) in [6.07, 6.45) is 0.726. The zero-order valence-corrected chi connectivity index (χ0v) is 18.1. The second kappa shape index (κ2) is 8.90. The van der Waals surface area contributed by atoms with E-state index in [1.165, 1.54) is 10.9 Å². The van der Waals surface area contributed by atoms with Crippen LogP contribution in [0.25, 0.3) is 5.69 Å². The number of nitrogens with one attached hydrogen (secondary N) is 2. The third-order valence-electron chi connectivity index (χ3n) is 5.19. The van der Waals surface area contributed by atoms with E-state index in [1.807, 2.05) is 12.1 Å². The quantitative estimate of drug-likeness (QED) is 0.368. The molecule has 0 saturated carbocycles. The standard InChI is InChI=1S/C19H22F3N5O.HI/c1-23-18(25-15-10-14-6-7-16(15)28-14)24-11-12-2-4-13(5-3-12)27-9-8-17(26-27)19(20,21)22;/h2-5,8-9,14-16H,6-7,10-11H2,1H3,(H2,23,24,25);1H. The Kier molecular flexibility index (Phi) is 6.72. The minimum absolute atomic E-state index is 0. The first-order valence-electron chi connectivity index (χ1n) is 9.27. The van der Waals surface area contributed by atoms with Crippen molar-refractivity contribution >= 4 is 29.9 Å². The maximum atomic E-state index is 12.7. The van der Waals surface area contributed by atoms with Crippen molar-refractivity contribution in [3.8, 4) is 5.69 Å². The van der Waals surface area contributed by atoms with Gasteiger partial charge in [0.2, 0.25) is 0 Å². The molecule has 0 aliphatic carbocycles. The summed E-state index contributed by atoms with van der Waals surface area (Å²) >= 11 is 0. The lowest BCUT2D eigenvalue weighted by Crippen LogP contribution is -2.47. The number of nitrogens with zero attached hydrogens (tertiary/aromatic N) is 3. The molecule has 10 heteroatoms. The topological polar surface area (TPSA) is 63.5 Å². The normalized spacial score (nSPS) is 23.7. The molecule has 29 heavy (non-hydrogen) atoms. The Morgan fingerprint density at radius 3 is 2.55 bits per heavy atom. The van der Waals surface area contributed by atoms with Gasteiger partial charge in [-0.25, -0.2) is 4.68 Å². The second-order valence-corrected chi connectivity index (χ2v) is 7.10. The lowest BCUT2D eigenvalue weighted by molar-refractivity contribution is -0.141. The highest BCUT2D eigenvalue weighted by Gasteiger charge is 2.41. The zero-order valence-electron chi connectivity index (χ0n) is 15.8. The third kappa shape index (κ3) is 5.03. The van der Waals surface area contributed by atoms with Gasteiger partial charge < -0.3 is 15.4 Å². The molecule has 2 bridgehead atoms. The van der Waals surface area contributed by atoms with Crippen LogP contribution in [0.3, 0.4) is 0 Å². The van der Waals surface area contributed by atoms with Crippen molar-refractivity contribution in [2.45, 2.75) is 50.2 Å². The lowest BCUT2D eigenvalue weighted by Gasteiger charge is -2.22. The number of halogens is 4. The monoisotopic (exact) mass is 521 g/mol. The fraction of sp³-hybridized carbons (Fsp3) is 0.474. The van der Waals surface area contributed by atoms with Crippen LogP contribution in [-0.4, -0.2) is 41.0 Å². The number of hydrogen-bond acceptors (Lipinski definition) is 3. The number of guanidine groups is 1. The van der Waals surface area contributed by atoms with E-state index in [0.29, 0.717) is 24.3 Å². The van der Waals surface area contributed by atoms with Crippen LogP contribution < -0.4 is 10.6 Å². The molecule has 2 aromatic rings. The van der Waals surface area contributed by atoms with Gasteiger partial charge in [-0.15, -0.1) is 24.0 Å². The van der Waals surface area contributed by atoms with E-state index in [0.717, 1.165) is 30.9 Å². The van der Waals surface area contributed by atoms with Crippen molar-refractivity contribution in [2.24, 2.45) is 4.99 Å². The van der Waals surface area contributed by atoms with Gasteiger partial charge in [0.15, 0.2) is 11.7 Å². The van der Waals surface area contributed by atoms with E-state index in [2.05, 4.69) is 20.7 Å². The Hall–Kier alpha value is -1.82. The van der Waals surface area contributed by atoms with Gasteiger partial charge in [0, 0.05) is 19.8 Å². The SMILES string of the molecule is CN=C(NCc1ccc(-n2ccc(C(F)(F)F)n2)cc1)NC1CC2CCC1O2.I. The number of hydrogen-bond donors (Lipinski definition) is 2. The first-order chi connectivity index (χ1) is 13.4. The number of alkyl halides is 3. The smallest absolute Gasteiger partial charge is 0.373 e. The number of benzene rings is 1. The lowest BCUT2D eigenvalue weighted by atomic mass is 9.96. The number of rotatable bonds is 4. The molecule has 2 fully saturated rings. The molecule has 2 aliphatic heterocycles. The van der Waals surface area contributed by atoms with Gasteiger partial charge in [0.05, 0.1) is 23.9 Å². The summed E-state index contributed by atoms with van der Waals surface area (Å²) in [5, 5.41) is 10.3. The van der Waals surface area contributed by atoms with Gasteiger partial charge in [0.25, 0.3) is 0 Å². The molecular formula is C19H23F3IN5O. The van der Waals surface area contributed by atoms with Crippen LogP contribution >= 0.6 is 24.0 Å². The van der Waals surface area contributed by atoms with Crippen molar-refractivity contribution in [3.63, 3.8) is 0 Å². The van der Waals surface area contributed by atoms with Gasteiger partial charge in [-0.05, 0) is 43.0 Å². The van der Waals surface area contributed by atoms with Crippen LogP contribution in [0.5, 0.6) is 0 Å². The molecular weight excluding hydrogens is 498 g/mol. The van der Waals surface area contributed by atoms with E-state index in [9.17, 15) is 13.2 Å². The van der Waals surface area contributed by atoms with E-state index >= 15 is 0 Å². The van der Waals surface area contributed by atoms with Crippen LogP contribution in [0.15, 0.2) is 41.5 Å². The molecule has 2 aliphatic rings. The molecule has 3 unspecified atom stereocenters. The molecule has 4 rings (SSSR count). The van der Waals surface area contributed by atoms with Crippen molar-refractivity contribution in [2.75, 3.05) is 7.05 Å². The van der Waals surface area contributed by atoms with E-state index < -0.39 is 11.9 Å². The molecule has 0 spiro atoms. The number of aromatic nitrogens is 2. The summed E-state index contributed by atoms with van der Waals surface area (Å²) in [7, 11) is 1.72. The van der Waals surface area contributed by atoms with Crippen molar-refractivity contribution in [1.29, 1.82) is 0 Å². The number of aliphatic imine (C=N–C) groups is 1. The summed E-state index contributed by atoms with van der Waals surface area (Å²) in [4.78, 5) is 4.26. The van der Waals surface area contributed by atoms with E-state index in [4.69, 9.17) is 4.74 Å². The predicted molar refractivity (Wildman–Crippen MR) is 114 cm³/mol. The van der Waals surface area contributed by atoms with Crippen molar-refractivity contribution in [1.82, 2.24) is 20.4 Å². The summed E-state index contributed by atoms with van der Waals surface area (Å²) in [6, 6.07) is 8.43. The van der Waals surface area contributed by atoms with Gasteiger partial charge >= 0.3 is 6.18 Å². The van der Waals surface area contributed by atoms with Crippen molar-refractivity contribution < 1.29 is 17.9 Å². The minimum atomic E-state index is -4.44. The molecule has 1 aromatic carbocycles. The molecule has 6 nitrogen and oxygen atoms in total. The summed E-state index contributed by atoms with van der Waals surface area (Å²) < 4.78 is 45.1. The van der Waals surface area contributed by atoms with Gasteiger partial charge in [0.1, 0.15) is 0 Å². The van der Waals surface area contributed by atoms with Crippen LogP contribution in [0.4, 0.5) is 13.2 Å². The van der Waals surface area contributed by atoms with Crippen LogP contribution in [0.1, 0.15) is 30.5 Å². The van der Waals surface area contributed by atoms with E-state index in [1.54, 1.807) is 19.2 Å². The third-order valence-corrected chi connectivity index (χ3v) is 5.19. The molecule has 0 amide bonds. The fourth-order valence-corrected chi connectivity index (χ4v) is 3.73. The highest BCUT2D eigenvalue weighted by molar-refractivity contribution is 14.0. The Morgan fingerprint density at radius 1 is 1.24 bits per heavy atom. The Bertz CT molecular complexity index is 852. The molecule has 0 radical (unpaired) electrons. The van der Waals surface area contributed by atoms with Gasteiger partial charge in [-0.3, -0.25) is 4.99 Å². The first kappa shape index (κ1) is 21.9. The van der Waals surface area contributed by atoms with Gasteiger partial charge in [-0.1, -0.05) is 12.1 Å². The largest absolute Gasteiger partial charge is 0.435 e. The number of fused-ring (bicyclic) bond motifs is 2. The molecule has 158 valence electrons. The maximum absolute atomic E-state index is 12.7. The minimum Gasteiger partial charge on any atom is -0.373 e. The van der Waals surface area contributed by atoms with Crippen molar-refractivity contribution in [3.05, 3.63) is 47.8 Å². The van der Waals surface area contributed by atoms with Gasteiger partial charge in [-0.2, -0.15) is 18.3 Å². The number of ether oxygens (including phenoxy) is 1. The summed E-state index contributed by atoms with van der Waals surface area (Å²) in [5.74, 6) is 0.715. The van der Waals surface area contributed by atoms with Crippen LogP contribution in [0.2, 0.25) is 0 Å². The Morgan fingerprint density at radius 2 is 2.00 bits per heavy atom. The van der Waals surface area contributed by atoms with Crippen LogP contribution in [-0.2, 0) is 17.5 Å². The predicted octanol–water partition coefficient (Wildman–Crippen LogP) is 3.49. The molecule has 2 N–H and O–H groups in total. The molecule has 3 heterocycles. The average molecular weight is 521 g/mol. The Labute approximate surface area is 183 Å². The average Bonchev–Trinajstić information content (AvgIpc) is 3.41. The van der Waals surface area contributed by atoms with E-state index in [-0.39, 0.29) is 36.1 Å². The molecule has 2 saturated heterocycles. The van der Waals surface area contributed by atoms with Crippen LogP contribution in [0, 0.1) is 0 Å².